The van der Waals surface area contributed by atoms with Gasteiger partial charge in [0.2, 0.25) is 17.5 Å². The number of rotatable bonds is 7. The van der Waals surface area contributed by atoms with Crippen molar-refractivity contribution in [3.63, 3.8) is 0 Å². The summed E-state index contributed by atoms with van der Waals surface area (Å²) in [5.41, 5.74) is 5.62. The number of fused-ring (bicyclic) bond motifs is 5. The fourth-order valence-electron chi connectivity index (χ4n) is 6.65. The molecule has 42 heavy (non-hydrogen) atoms. The Hall–Kier alpha value is -3.88. The molecule has 0 spiro atoms. The summed E-state index contributed by atoms with van der Waals surface area (Å²) in [4.78, 5) is 47.7. The Morgan fingerprint density at radius 3 is 2.60 bits per heavy atom. The molecule has 1 N–H and O–H groups in total. The van der Waals surface area contributed by atoms with E-state index in [0.717, 1.165) is 80.0 Å². The van der Waals surface area contributed by atoms with Crippen molar-refractivity contribution in [1.29, 1.82) is 0 Å². The standard InChI is InChI=1S/C34H38N4O4/c1-22-27(21-38-18-16-37(17-19-38)15-14-36-28(39)11-8-23-6-5-13-35-20-23)42-33-25-9-10-26-24(7-4-12-34(26,2)3)30(25)32(41)31(40)29(22)33/h5-6,8-11,13,20H,4,7,12,14-19,21H2,1-3H3,(H,36,39)/b11-8+. The lowest BCUT2D eigenvalue weighted by Crippen LogP contribution is -2.48. The third kappa shape index (κ3) is 5.37. The first-order valence-corrected chi connectivity index (χ1v) is 14.9. The quantitative estimate of drug-likeness (QED) is 0.330. The molecule has 3 aromatic rings. The average molecular weight is 567 g/mol. The number of nitrogens with zero attached hydrogens (tertiary/aromatic N) is 3. The molecule has 218 valence electrons. The third-order valence-electron chi connectivity index (χ3n) is 9.09. The molecule has 1 amide bonds. The van der Waals surface area contributed by atoms with Crippen molar-refractivity contribution in [3.05, 3.63) is 81.9 Å². The molecule has 2 aliphatic carbocycles. The Bertz CT molecular complexity index is 1560. The van der Waals surface area contributed by atoms with E-state index in [1.807, 2.05) is 25.1 Å². The van der Waals surface area contributed by atoms with Crippen LogP contribution in [0, 0.1) is 6.92 Å². The maximum atomic E-state index is 13.4. The summed E-state index contributed by atoms with van der Waals surface area (Å²) in [6.07, 6.45) is 9.61. The number of aromatic nitrogens is 1. The van der Waals surface area contributed by atoms with E-state index < -0.39 is 11.6 Å². The smallest absolute Gasteiger partial charge is 0.244 e. The molecule has 3 aliphatic rings. The van der Waals surface area contributed by atoms with Crippen LogP contribution in [-0.2, 0) is 23.2 Å². The molecule has 1 aromatic carbocycles. The lowest BCUT2D eigenvalue weighted by molar-refractivity contribution is -0.116. The summed E-state index contributed by atoms with van der Waals surface area (Å²) in [5, 5.41) is 2.95. The number of hydrogen-bond acceptors (Lipinski definition) is 7. The number of benzene rings is 1. The SMILES string of the molecule is Cc1c(CN2CCN(CCNC(=O)/C=C/c3cccnc3)CC2)oc2c1C(=O)C(=O)c1c-2ccc2c1CCCC2(C)C. The van der Waals surface area contributed by atoms with E-state index in [9.17, 15) is 14.4 Å². The topological polar surface area (TPSA) is 95.8 Å². The van der Waals surface area contributed by atoms with Crippen LogP contribution in [-0.4, -0.2) is 71.5 Å². The first-order chi connectivity index (χ1) is 20.2. The second kappa shape index (κ2) is 11.4. The lowest BCUT2D eigenvalue weighted by atomic mass is 9.69. The zero-order valence-electron chi connectivity index (χ0n) is 24.7. The maximum absolute atomic E-state index is 13.4. The summed E-state index contributed by atoms with van der Waals surface area (Å²) in [5.74, 6) is 0.363. The van der Waals surface area contributed by atoms with Crippen LogP contribution in [0.4, 0.5) is 0 Å². The molecule has 0 unspecified atom stereocenters. The zero-order valence-corrected chi connectivity index (χ0v) is 24.7. The Morgan fingerprint density at radius 1 is 1.07 bits per heavy atom. The van der Waals surface area contributed by atoms with Crippen molar-refractivity contribution in [2.45, 2.75) is 52.0 Å². The highest BCUT2D eigenvalue weighted by molar-refractivity contribution is 6.53. The van der Waals surface area contributed by atoms with Gasteiger partial charge in [0.05, 0.1) is 12.1 Å². The van der Waals surface area contributed by atoms with Gasteiger partial charge in [0.25, 0.3) is 0 Å². The van der Waals surface area contributed by atoms with Gasteiger partial charge in [0.1, 0.15) is 11.5 Å². The number of hydrogen-bond donors (Lipinski definition) is 1. The Labute approximate surface area is 246 Å². The first kappa shape index (κ1) is 28.2. The number of ketones is 2. The Kier molecular flexibility index (Phi) is 7.68. The molecule has 1 fully saturated rings. The van der Waals surface area contributed by atoms with Gasteiger partial charge in [0.15, 0.2) is 0 Å². The van der Waals surface area contributed by atoms with E-state index in [-0.39, 0.29) is 11.3 Å². The van der Waals surface area contributed by atoms with Crippen molar-refractivity contribution in [2.24, 2.45) is 0 Å². The van der Waals surface area contributed by atoms with Gasteiger partial charge >= 0.3 is 0 Å². The Balaban J connectivity index is 1.08. The summed E-state index contributed by atoms with van der Waals surface area (Å²) in [7, 11) is 0. The monoisotopic (exact) mass is 566 g/mol. The minimum Gasteiger partial charge on any atom is -0.459 e. The Morgan fingerprint density at radius 2 is 1.83 bits per heavy atom. The van der Waals surface area contributed by atoms with Crippen LogP contribution in [0.2, 0.25) is 0 Å². The summed E-state index contributed by atoms with van der Waals surface area (Å²) >= 11 is 0. The van der Waals surface area contributed by atoms with Crippen LogP contribution in [0.1, 0.15) is 75.4 Å². The number of furan rings is 1. The van der Waals surface area contributed by atoms with Gasteiger partial charge in [-0.1, -0.05) is 32.0 Å². The normalized spacial score (nSPS) is 18.5. The molecule has 0 radical (unpaired) electrons. The van der Waals surface area contributed by atoms with E-state index in [4.69, 9.17) is 4.42 Å². The molecule has 0 bridgehead atoms. The predicted octanol–water partition coefficient (Wildman–Crippen LogP) is 4.59. The fraction of sp³-hybridized carbons (Fsp3) is 0.412. The van der Waals surface area contributed by atoms with E-state index in [1.54, 1.807) is 18.5 Å². The van der Waals surface area contributed by atoms with E-state index in [0.29, 0.717) is 30.0 Å². The largest absolute Gasteiger partial charge is 0.459 e. The maximum Gasteiger partial charge on any atom is 0.244 e. The van der Waals surface area contributed by atoms with Gasteiger partial charge in [-0.2, -0.15) is 0 Å². The van der Waals surface area contributed by atoms with E-state index >= 15 is 0 Å². The molecule has 2 aromatic heterocycles. The summed E-state index contributed by atoms with van der Waals surface area (Å²) in [6, 6.07) is 7.86. The predicted molar refractivity (Wildman–Crippen MR) is 162 cm³/mol. The van der Waals surface area contributed by atoms with Crippen LogP contribution < -0.4 is 5.32 Å². The van der Waals surface area contributed by atoms with Gasteiger partial charge in [-0.15, -0.1) is 0 Å². The number of nitrogens with one attached hydrogen (secondary N) is 1. The van der Waals surface area contributed by atoms with Crippen LogP contribution >= 0.6 is 0 Å². The number of piperazine rings is 1. The second-order valence-corrected chi connectivity index (χ2v) is 12.3. The van der Waals surface area contributed by atoms with Gasteiger partial charge in [0, 0.05) is 74.4 Å². The van der Waals surface area contributed by atoms with Crippen LogP contribution in [0.5, 0.6) is 0 Å². The number of Topliss-reactive ketones (excluding diaryl/α,β-unsaturated/α-hetero) is 2. The lowest BCUT2D eigenvalue weighted by Gasteiger charge is -2.34. The third-order valence-corrected chi connectivity index (χ3v) is 9.09. The van der Waals surface area contributed by atoms with Crippen LogP contribution in [0.25, 0.3) is 17.4 Å². The molecular formula is C34H38N4O4. The van der Waals surface area contributed by atoms with Crippen molar-refractivity contribution in [1.82, 2.24) is 20.1 Å². The minimum atomic E-state index is -0.441. The van der Waals surface area contributed by atoms with E-state index in [2.05, 4.69) is 40.0 Å². The molecule has 6 rings (SSSR count). The molecule has 1 saturated heterocycles. The van der Waals surface area contributed by atoms with Crippen molar-refractivity contribution >= 4 is 23.5 Å². The minimum absolute atomic E-state index is 0.0124. The highest BCUT2D eigenvalue weighted by Gasteiger charge is 2.40. The van der Waals surface area contributed by atoms with E-state index in [1.165, 1.54) is 11.6 Å². The molecule has 0 saturated carbocycles. The number of pyridine rings is 1. The van der Waals surface area contributed by atoms with Gasteiger partial charge in [-0.25, -0.2) is 0 Å². The second-order valence-electron chi connectivity index (χ2n) is 12.3. The summed E-state index contributed by atoms with van der Waals surface area (Å²) in [6.45, 7) is 11.7. The molecule has 3 heterocycles. The van der Waals surface area contributed by atoms with Gasteiger partial charge in [-0.3, -0.25) is 29.2 Å². The zero-order chi connectivity index (χ0) is 29.4. The molecule has 8 heteroatoms. The molecular weight excluding hydrogens is 528 g/mol. The van der Waals surface area contributed by atoms with Gasteiger partial charge in [-0.05, 0) is 60.4 Å². The van der Waals surface area contributed by atoms with Crippen LogP contribution in [0.3, 0.4) is 0 Å². The van der Waals surface area contributed by atoms with Crippen molar-refractivity contribution in [3.8, 4) is 11.3 Å². The molecule has 1 aliphatic heterocycles. The average Bonchev–Trinajstić information content (AvgIpc) is 3.31. The number of amides is 1. The number of carbonyl (C=O) groups is 3. The van der Waals surface area contributed by atoms with Crippen molar-refractivity contribution < 1.29 is 18.8 Å². The summed E-state index contributed by atoms with van der Waals surface area (Å²) < 4.78 is 6.41. The van der Waals surface area contributed by atoms with Crippen LogP contribution in [0.15, 0.2) is 47.2 Å². The van der Waals surface area contributed by atoms with Crippen molar-refractivity contribution in [2.75, 3.05) is 39.3 Å². The molecule has 8 nitrogen and oxygen atoms in total. The highest BCUT2D eigenvalue weighted by atomic mass is 16.3. The fourth-order valence-corrected chi connectivity index (χ4v) is 6.65. The number of carbonyl (C=O) groups excluding carboxylic acids is 3. The molecule has 0 atom stereocenters. The van der Waals surface area contributed by atoms with Gasteiger partial charge < -0.3 is 9.73 Å². The first-order valence-electron chi connectivity index (χ1n) is 14.9. The highest BCUT2D eigenvalue weighted by Crippen LogP contribution is 2.45.